The molecule has 1 amide bonds. The minimum absolute atomic E-state index is 0.0756. The fourth-order valence-electron chi connectivity index (χ4n) is 2.71. The Labute approximate surface area is 161 Å². The van der Waals surface area contributed by atoms with Crippen LogP contribution < -0.4 is 9.80 Å². The minimum Gasteiger partial charge on any atom is -0.338 e. The number of aryl methyl sites for hydroxylation is 1. The first-order valence-corrected chi connectivity index (χ1v) is 9.40. The van der Waals surface area contributed by atoms with Crippen LogP contribution in [0.4, 0.5) is 10.8 Å². The highest BCUT2D eigenvalue weighted by Crippen LogP contribution is 2.31. The topological polar surface area (TPSA) is 80.8 Å². The van der Waals surface area contributed by atoms with E-state index in [1.165, 1.54) is 28.4 Å². The molecule has 1 heterocycles. The molecule has 0 radical (unpaired) electrons. The van der Waals surface area contributed by atoms with Gasteiger partial charge in [0.1, 0.15) is 5.56 Å². The first-order valence-electron chi connectivity index (χ1n) is 8.58. The summed E-state index contributed by atoms with van der Waals surface area (Å²) in [6.07, 6.45) is 0. The third-order valence-electron chi connectivity index (χ3n) is 4.18. The highest BCUT2D eigenvalue weighted by Gasteiger charge is 2.27. The van der Waals surface area contributed by atoms with E-state index >= 15 is 0 Å². The van der Waals surface area contributed by atoms with Gasteiger partial charge in [-0.1, -0.05) is 29.5 Å². The first-order chi connectivity index (χ1) is 12.9. The molecule has 0 bridgehead atoms. The lowest BCUT2D eigenvalue weighted by Crippen LogP contribution is -3.06. The lowest BCUT2D eigenvalue weighted by Gasteiger charge is -2.20. The van der Waals surface area contributed by atoms with Crippen LogP contribution >= 0.6 is 11.3 Å². The van der Waals surface area contributed by atoms with Crippen molar-refractivity contribution >= 4 is 38.3 Å². The average molecular weight is 385 g/mol. The van der Waals surface area contributed by atoms with Gasteiger partial charge in [0, 0.05) is 6.07 Å². The Hall–Kier alpha value is -2.84. The molecule has 0 aliphatic heterocycles. The SMILES string of the molecule is Cc1ccc2nc(N(CC[NH+](C)C)C(=O)c3ccccc3[N+](=O)[O-])sc2c1. The summed E-state index contributed by atoms with van der Waals surface area (Å²) in [6.45, 7) is 3.12. The van der Waals surface area contributed by atoms with Gasteiger partial charge in [0.15, 0.2) is 5.13 Å². The van der Waals surface area contributed by atoms with E-state index in [-0.39, 0.29) is 11.3 Å². The quantitative estimate of drug-likeness (QED) is 0.522. The number of likely N-dealkylation sites (N-methyl/N-ethyl adjacent to an activating group) is 1. The molecular formula is C19H21N4O3S+. The normalized spacial score (nSPS) is 11.1. The second-order valence-electron chi connectivity index (χ2n) is 6.66. The summed E-state index contributed by atoms with van der Waals surface area (Å²) in [5.74, 6) is -0.403. The monoisotopic (exact) mass is 385 g/mol. The van der Waals surface area contributed by atoms with Crippen LogP contribution in [0.5, 0.6) is 0 Å². The number of amides is 1. The van der Waals surface area contributed by atoms with E-state index in [2.05, 4.69) is 4.98 Å². The van der Waals surface area contributed by atoms with E-state index < -0.39 is 10.8 Å². The highest BCUT2D eigenvalue weighted by molar-refractivity contribution is 7.22. The summed E-state index contributed by atoms with van der Waals surface area (Å²) < 4.78 is 0.988. The number of carbonyl (C=O) groups is 1. The van der Waals surface area contributed by atoms with Crippen molar-refractivity contribution in [3.05, 3.63) is 63.7 Å². The number of nitro benzene ring substituents is 1. The molecule has 0 aliphatic carbocycles. The molecular weight excluding hydrogens is 364 g/mol. The number of para-hydroxylation sites is 1. The zero-order valence-electron chi connectivity index (χ0n) is 15.4. The summed E-state index contributed by atoms with van der Waals surface area (Å²) in [4.78, 5) is 31.4. The summed E-state index contributed by atoms with van der Waals surface area (Å²) in [7, 11) is 3.99. The molecule has 0 atom stereocenters. The maximum absolute atomic E-state index is 13.2. The van der Waals surface area contributed by atoms with Gasteiger partial charge in [-0.05, 0) is 30.7 Å². The van der Waals surface area contributed by atoms with Gasteiger partial charge in [-0.15, -0.1) is 0 Å². The number of quaternary nitrogens is 1. The molecule has 0 saturated carbocycles. The standard InChI is InChI=1S/C19H20N4O3S/c1-13-8-9-15-17(12-13)27-19(20-15)22(11-10-21(2)3)18(24)14-6-4-5-7-16(14)23(25)26/h4-9,12H,10-11H2,1-3H3/p+1. The molecule has 0 saturated heterocycles. The number of nitrogens with one attached hydrogen (secondary N) is 1. The lowest BCUT2D eigenvalue weighted by molar-refractivity contribution is -0.856. The van der Waals surface area contributed by atoms with Gasteiger partial charge >= 0.3 is 0 Å². The Morgan fingerprint density at radius 2 is 2.00 bits per heavy atom. The number of benzene rings is 2. The molecule has 3 rings (SSSR count). The Morgan fingerprint density at radius 1 is 1.26 bits per heavy atom. The van der Waals surface area contributed by atoms with Crippen LogP contribution in [0.15, 0.2) is 42.5 Å². The molecule has 7 nitrogen and oxygen atoms in total. The molecule has 1 N–H and O–H groups in total. The molecule has 0 unspecified atom stereocenters. The molecule has 0 fully saturated rings. The van der Waals surface area contributed by atoms with Crippen LogP contribution in [0.1, 0.15) is 15.9 Å². The Morgan fingerprint density at radius 3 is 2.70 bits per heavy atom. The van der Waals surface area contributed by atoms with Gasteiger partial charge in [-0.2, -0.15) is 0 Å². The number of aromatic nitrogens is 1. The molecule has 27 heavy (non-hydrogen) atoms. The number of fused-ring (bicyclic) bond motifs is 1. The van der Waals surface area contributed by atoms with Crippen molar-refractivity contribution < 1.29 is 14.6 Å². The minimum atomic E-state index is -0.523. The van der Waals surface area contributed by atoms with Crippen molar-refractivity contribution in [1.82, 2.24) is 4.98 Å². The van der Waals surface area contributed by atoms with Crippen LogP contribution in [-0.4, -0.2) is 43.0 Å². The van der Waals surface area contributed by atoms with Gasteiger partial charge < -0.3 is 4.90 Å². The first kappa shape index (κ1) is 18.9. The summed E-state index contributed by atoms with van der Waals surface area (Å²) in [6, 6.07) is 12.0. The number of nitro groups is 1. The molecule has 140 valence electrons. The predicted octanol–water partition coefficient (Wildman–Crippen LogP) is 2.30. The van der Waals surface area contributed by atoms with Crippen molar-refractivity contribution in [3.8, 4) is 0 Å². The van der Waals surface area contributed by atoms with Gasteiger partial charge in [-0.25, -0.2) is 4.98 Å². The van der Waals surface area contributed by atoms with Crippen LogP contribution in [-0.2, 0) is 0 Å². The smallest absolute Gasteiger partial charge is 0.282 e. The van der Waals surface area contributed by atoms with Crippen molar-refractivity contribution in [2.75, 3.05) is 32.1 Å². The van der Waals surface area contributed by atoms with Gasteiger partial charge in [0.25, 0.3) is 11.6 Å². The van der Waals surface area contributed by atoms with Crippen LogP contribution in [0.25, 0.3) is 10.2 Å². The lowest BCUT2D eigenvalue weighted by atomic mass is 10.1. The summed E-state index contributed by atoms with van der Waals surface area (Å²) >= 11 is 1.42. The zero-order valence-corrected chi connectivity index (χ0v) is 16.2. The molecule has 0 aliphatic rings. The number of hydrogen-bond donors (Lipinski definition) is 1. The third kappa shape index (κ3) is 4.12. The maximum atomic E-state index is 13.2. The van der Waals surface area contributed by atoms with Crippen molar-refractivity contribution in [2.45, 2.75) is 6.92 Å². The molecule has 3 aromatic rings. The van der Waals surface area contributed by atoms with Gasteiger partial charge in [-0.3, -0.25) is 19.8 Å². The molecule has 8 heteroatoms. The Kier molecular flexibility index (Phi) is 5.48. The van der Waals surface area contributed by atoms with Gasteiger partial charge in [0.05, 0.1) is 42.3 Å². The maximum Gasteiger partial charge on any atom is 0.282 e. The molecule has 2 aromatic carbocycles. The second-order valence-corrected chi connectivity index (χ2v) is 7.66. The number of nitrogens with zero attached hydrogens (tertiary/aromatic N) is 3. The largest absolute Gasteiger partial charge is 0.338 e. The third-order valence-corrected chi connectivity index (χ3v) is 5.22. The van der Waals surface area contributed by atoms with E-state index in [4.69, 9.17) is 0 Å². The van der Waals surface area contributed by atoms with E-state index in [0.29, 0.717) is 18.2 Å². The Bertz CT molecular complexity index is 1000. The molecule has 1 aromatic heterocycles. The number of rotatable bonds is 6. The van der Waals surface area contributed by atoms with E-state index in [0.717, 1.165) is 15.8 Å². The van der Waals surface area contributed by atoms with E-state index in [1.54, 1.807) is 17.0 Å². The van der Waals surface area contributed by atoms with Crippen molar-refractivity contribution in [2.24, 2.45) is 0 Å². The molecule has 0 spiro atoms. The Balaban J connectivity index is 2.04. The number of carbonyl (C=O) groups excluding carboxylic acids is 1. The van der Waals surface area contributed by atoms with E-state index in [9.17, 15) is 14.9 Å². The van der Waals surface area contributed by atoms with Crippen LogP contribution in [0, 0.1) is 17.0 Å². The van der Waals surface area contributed by atoms with Crippen LogP contribution in [0.3, 0.4) is 0 Å². The van der Waals surface area contributed by atoms with E-state index in [1.807, 2.05) is 39.2 Å². The van der Waals surface area contributed by atoms with Crippen LogP contribution in [0.2, 0.25) is 0 Å². The number of thiazole rings is 1. The summed E-state index contributed by atoms with van der Waals surface area (Å²) in [5.41, 5.74) is 1.82. The second kappa shape index (κ2) is 7.81. The number of anilines is 1. The summed E-state index contributed by atoms with van der Waals surface area (Å²) in [5, 5.41) is 11.9. The van der Waals surface area contributed by atoms with Gasteiger partial charge in [0.2, 0.25) is 0 Å². The zero-order chi connectivity index (χ0) is 19.6. The fraction of sp³-hybridized carbons (Fsp3) is 0.263. The predicted molar refractivity (Wildman–Crippen MR) is 107 cm³/mol. The average Bonchev–Trinajstić information content (AvgIpc) is 3.04. The fourth-order valence-corrected chi connectivity index (χ4v) is 3.80. The highest BCUT2D eigenvalue weighted by atomic mass is 32.1. The van der Waals surface area contributed by atoms with Crippen molar-refractivity contribution in [1.29, 1.82) is 0 Å². The number of hydrogen-bond acceptors (Lipinski definition) is 5. The van der Waals surface area contributed by atoms with Crippen molar-refractivity contribution in [3.63, 3.8) is 0 Å².